The molecule has 0 atom stereocenters. The Morgan fingerprint density at radius 3 is 2.93 bits per heavy atom. The minimum absolute atomic E-state index is 0.144. The number of benzene rings is 1. The third-order valence-corrected chi connectivity index (χ3v) is 4.07. The normalized spacial score (nSPS) is 18.2. The van der Waals surface area contributed by atoms with Crippen LogP contribution in [0.1, 0.15) is 25.0 Å². The molecule has 1 aliphatic carbocycles. The predicted octanol–water partition coefficient (Wildman–Crippen LogP) is 2.72. The molecule has 1 aromatic heterocycles. The summed E-state index contributed by atoms with van der Waals surface area (Å²) in [5.41, 5.74) is 7.46. The molecule has 0 amide bonds. The van der Waals surface area contributed by atoms with Crippen molar-refractivity contribution >= 4 is 21.6 Å². The molecule has 3 rings (SSSR count). The Labute approximate surface area is 93.3 Å². The molecule has 2 nitrogen and oxygen atoms in total. The minimum atomic E-state index is 0.144. The lowest BCUT2D eigenvalue weighted by Crippen LogP contribution is -2.22. The number of rotatable bonds is 3. The molecule has 15 heavy (non-hydrogen) atoms. The maximum absolute atomic E-state index is 6.08. The van der Waals surface area contributed by atoms with Gasteiger partial charge in [-0.25, -0.2) is 0 Å². The SMILES string of the molecule is NC1(CCc2nsc3ccccc23)CC1. The van der Waals surface area contributed by atoms with Crippen molar-refractivity contribution in [3.05, 3.63) is 30.0 Å². The van der Waals surface area contributed by atoms with E-state index in [1.807, 2.05) is 0 Å². The van der Waals surface area contributed by atoms with Crippen molar-refractivity contribution in [3.63, 3.8) is 0 Å². The fraction of sp³-hybridized carbons (Fsp3) is 0.417. The summed E-state index contributed by atoms with van der Waals surface area (Å²) in [6, 6.07) is 8.43. The number of nitrogens with zero attached hydrogens (tertiary/aromatic N) is 1. The zero-order chi connectivity index (χ0) is 10.3. The summed E-state index contributed by atoms with van der Waals surface area (Å²) in [5, 5.41) is 1.31. The molecule has 3 heteroatoms. The van der Waals surface area contributed by atoms with E-state index in [0.717, 1.165) is 12.8 Å². The molecule has 1 saturated carbocycles. The Morgan fingerprint density at radius 1 is 1.33 bits per heavy atom. The largest absolute Gasteiger partial charge is 0.325 e. The summed E-state index contributed by atoms with van der Waals surface area (Å²) in [5.74, 6) is 0. The Morgan fingerprint density at radius 2 is 2.13 bits per heavy atom. The number of fused-ring (bicyclic) bond motifs is 1. The lowest BCUT2D eigenvalue weighted by Gasteiger charge is -2.05. The van der Waals surface area contributed by atoms with Crippen LogP contribution in [0.25, 0.3) is 10.1 Å². The fourth-order valence-electron chi connectivity index (χ4n) is 1.90. The first-order valence-corrected chi connectivity index (χ1v) is 6.16. The fourth-order valence-corrected chi connectivity index (χ4v) is 2.72. The molecule has 0 radical (unpaired) electrons. The summed E-state index contributed by atoms with van der Waals surface area (Å²) in [4.78, 5) is 0. The predicted molar refractivity (Wildman–Crippen MR) is 64.1 cm³/mol. The van der Waals surface area contributed by atoms with Gasteiger partial charge in [0, 0.05) is 10.9 Å². The van der Waals surface area contributed by atoms with Gasteiger partial charge in [-0.15, -0.1) is 0 Å². The molecule has 0 unspecified atom stereocenters. The second-order valence-corrected chi connectivity index (χ2v) is 5.29. The second-order valence-electron chi connectivity index (χ2n) is 4.49. The van der Waals surface area contributed by atoms with Crippen LogP contribution in [-0.4, -0.2) is 9.91 Å². The van der Waals surface area contributed by atoms with Crippen molar-refractivity contribution in [2.45, 2.75) is 31.2 Å². The molecule has 2 aromatic rings. The molecule has 1 aliphatic rings. The molecule has 0 spiro atoms. The summed E-state index contributed by atoms with van der Waals surface area (Å²) < 4.78 is 5.80. The van der Waals surface area contributed by atoms with Crippen molar-refractivity contribution < 1.29 is 0 Å². The average molecular weight is 218 g/mol. The van der Waals surface area contributed by atoms with Crippen molar-refractivity contribution in [1.82, 2.24) is 4.37 Å². The van der Waals surface area contributed by atoms with Gasteiger partial charge < -0.3 is 5.73 Å². The first-order valence-electron chi connectivity index (χ1n) is 5.39. The lowest BCUT2D eigenvalue weighted by molar-refractivity contribution is 0.607. The average Bonchev–Trinajstić information content (AvgIpc) is 2.86. The molecule has 0 saturated heterocycles. The van der Waals surface area contributed by atoms with Gasteiger partial charge in [-0.2, -0.15) is 4.37 Å². The maximum Gasteiger partial charge on any atom is 0.0621 e. The summed E-state index contributed by atoms with van der Waals surface area (Å²) in [7, 11) is 0. The molecular formula is C12H14N2S. The first-order chi connectivity index (χ1) is 7.27. The lowest BCUT2D eigenvalue weighted by atomic mass is 10.1. The van der Waals surface area contributed by atoms with Crippen molar-refractivity contribution in [3.8, 4) is 0 Å². The molecule has 1 heterocycles. The molecule has 78 valence electrons. The van der Waals surface area contributed by atoms with E-state index in [-0.39, 0.29) is 5.54 Å². The zero-order valence-electron chi connectivity index (χ0n) is 8.57. The van der Waals surface area contributed by atoms with Crippen LogP contribution in [0.15, 0.2) is 24.3 Å². The van der Waals surface area contributed by atoms with Crippen LogP contribution in [0.5, 0.6) is 0 Å². The molecule has 2 N–H and O–H groups in total. The van der Waals surface area contributed by atoms with Gasteiger partial charge in [0.15, 0.2) is 0 Å². The van der Waals surface area contributed by atoms with E-state index in [9.17, 15) is 0 Å². The van der Waals surface area contributed by atoms with Gasteiger partial charge >= 0.3 is 0 Å². The number of hydrogen-bond acceptors (Lipinski definition) is 3. The third-order valence-electron chi connectivity index (χ3n) is 3.20. The van der Waals surface area contributed by atoms with Gasteiger partial charge in [0.1, 0.15) is 0 Å². The van der Waals surface area contributed by atoms with E-state index >= 15 is 0 Å². The van der Waals surface area contributed by atoms with Crippen molar-refractivity contribution in [1.29, 1.82) is 0 Å². The van der Waals surface area contributed by atoms with Crippen LogP contribution in [0.4, 0.5) is 0 Å². The van der Waals surface area contributed by atoms with Crippen LogP contribution in [-0.2, 0) is 6.42 Å². The van der Waals surface area contributed by atoms with E-state index in [0.29, 0.717) is 0 Å². The highest BCUT2D eigenvalue weighted by atomic mass is 32.1. The smallest absolute Gasteiger partial charge is 0.0621 e. The van der Waals surface area contributed by atoms with Crippen molar-refractivity contribution in [2.75, 3.05) is 0 Å². The summed E-state index contributed by atoms with van der Waals surface area (Å²) in [6.07, 6.45) is 4.49. The van der Waals surface area contributed by atoms with Gasteiger partial charge in [-0.3, -0.25) is 0 Å². The Balaban J connectivity index is 1.84. The Kier molecular flexibility index (Phi) is 2.04. The van der Waals surface area contributed by atoms with Crippen molar-refractivity contribution in [2.24, 2.45) is 5.73 Å². The van der Waals surface area contributed by atoms with E-state index in [4.69, 9.17) is 5.73 Å². The quantitative estimate of drug-likeness (QED) is 0.860. The van der Waals surface area contributed by atoms with E-state index in [1.54, 1.807) is 11.5 Å². The molecule has 1 fully saturated rings. The molecule has 1 aromatic carbocycles. The van der Waals surface area contributed by atoms with Gasteiger partial charge in [0.25, 0.3) is 0 Å². The van der Waals surface area contributed by atoms with Crippen LogP contribution in [0.2, 0.25) is 0 Å². The van der Waals surface area contributed by atoms with Crippen LogP contribution < -0.4 is 5.73 Å². The van der Waals surface area contributed by atoms with Crippen LogP contribution in [0.3, 0.4) is 0 Å². The number of nitrogens with two attached hydrogens (primary N) is 1. The van der Waals surface area contributed by atoms with Gasteiger partial charge in [-0.1, -0.05) is 18.2 Å². The minimum Gasteiger partial charge on any atom is -0.325 e. The maximum atomic E-state index is 6.08. The number of aromatic nitrogens is 1. The number of hydrogen-bond donors (Lipinski definition) is 1. The van der Waals surface area contributed by atoms with E-state index in [1.165, 1.54) is 28.6 Å². The van der Waals surface area contributed by atoms with E-state index < -0.39 is 0 Å². The highest BCUT2D eigenvalue weighted by Crippen LogP contribution is 2.37. The highest BCUT2D eigenvalue weighted by Gasteiger charge is 2.37. The standard InChI is InChI=1S/C12H14N2S/c13-12(7-8-12)6-5-10-9-3-1-2-4-11(9)15-14-10/h1-4H,5-8,13H2. The van der Waals surface area contributed by atoms with Crippen LogP contribution >= 0.6 is 11.5 Å². The molecule has 0 bridgehead atoms. The Bertz CT molecular complexity index is 485. The number of aryl methyl sites for hydroxylation is 1. The van der Waals surface area contributed by atoms with E-state index in [2.05, 4.69) is 28.6 Å². The third kappa shape index (κ3) is 1.77. The van der Waals surface area contributed by atoms with Gasteiger partial charge in [-0.05, 0) is 43.3 Å². The van der Waals surface area contributed by atoms with Crippen LogP contribution in [0, 0.1) is 0 Å². The second kappa shape index (κ2) is 3.29. The summed E-state index contributed by atoms with van der Waals surface area (Å²) in [6.45, 7) is 0. The Hall–Kier alpha value is -0.930. The highest BCUT2D eigenvalue weighted by molar-refractivity contribution is 7.13. The van der Waals surface area contributed by atoms with Gasteiger partial charge in [0.2, 0.25) is 0 Å². The zero-order valence-corrected chi connectivity index (χ0v) is 9.39. The molecule has 0 aliphatic heterocycles. The first kappa shape index (κ1) is 9.31. The summed E-state index contributed by atoms with van der Waals surface area (Å²) >= 11 is 1.59. The molecular weight excluding hydrogens is 204 g/mol. The monoisotopic (exact) mass is 218 g/mol. The topological polar surface area (TPSA) is 38.9 Å². The van der Waals surface area contributed by atoms with Gasteiger partial charge in [0.05, 0.1) is 10.4 Å².